The number of nitrogen functional groups attached to an aromatic ring is 2. The van der Waals surface area contributed by atoms with Crippen molar-refractivity contribution in [3.05, 3.63) is 66.2 Å². The van der Waals surface area contributed by atoms with Crippen molar-refractivity contribution in [3.63, 3.8) is 0 Å². The summed E-state index contributed by atoms with van der Waals surface area (Å²) < 4.78 is 0. The van der Waals surface area contributed by atoms with Crippen LogP contribution in [0.25, 0.3) is 22.3 Å². The fourth-order valence-electron chi connectivity index (χ4n) is 2.46. The van der Waals surface area contributed by atoms with Crippen molar-refractivity contribution in [3.8, 4) is 28.0 Å². The third-order valence-electron chi connectivity index (χ3n) is 3.84. The zero-order valence-electron chi connectivity index (χ0n) is 12.4. The van der Waals surface area contributed by atoms with E-state index in [9.17, 15) is 5.11 Å². The fourth-order valence-corrected chi connectivity index (χ4v) is 2.46. The number of hydrogen-bond acceptors (Lipinski definition) is 3. The van der Waals surface area contributed by atoms with Crippen LogP contribution in [0.5, 0.6) is 5.75 Å². The van der Waals surface area contributed by atoms with Crippen LogP contribution in [0.2, 0.25) is 0 Å². The lowest BCUT2D eigenvalue weighted by molar-refractivity contribution is 0.478. The van der Waals surface area contributed by atoms with E-state index in [0.29, 0.717) is 5.69 Å². The summed E-state index contributed by atoms with van der Waals surface area (Å²) >= 11 is 0. The van der Waals surface area contributed by atoms with Gasteiger partial charge in [-0.2, -0.15) is 0 Å². The van der Waals surface area contributed by atoms with E-state index in [0.717, 1.165) is 16.7 Å². The van der Waals surface area contributed by atoms with Crippen LogP contribution in [0.1, 0.15) is 5.56 Å². The average molecular weight is 290 g/mol. The van der Waals surface area contributed by atoms with E-state index in [1.54, 1.807) is 12.1 Å². The lowest BCUT2D eigenvalue weighted by atomic mass is 9.98. The predicted octanol–water partition coefficient (Wildman–Crippen LogP) is 4.20. The Balaban J connectivity index is 1.98. The Morgan fingerprint density at radius 3 is 1.73 bits per heavy atom. The van der Waals surface area contributed by atoms with E-state index in [1.807, 2.05) is 12.1 Å². The molecule has 3 nitrogen and oxygen atoms in total. The van der Waals surface area contributed by atoms with Gasteiger partial charge >= 0.3 is 0 Å². The second-order valence-electron chi connectivity index (χ2n) is 5.40. The SMILES string of the molecule is Cc1ccc(-c2ccc(-c3ccc(O)c(N)c3N)cc2)cc1. The zero-order chi connectivity index (χ0) is 15.7. The molecule has 3 rings (SSSR count). The van der Waals surface area contributed by atoms with E-state index in [-0.39, 0.29) is 11.4 Å². The van der Waals surface area contributed by atoms with Crippen LogP contribution >= 0.6 is 0 Å². The Labute approximate surface area is 129 Å². The normalized spacial score (nSPS) is 10.6. The van der Waals surface area contributed by atoms with E-state index >= 15 is 0 Å². The predicted molar refractivity (Wildman–Crippen MR) is 92.5 cm³/mol. The van der Waals surface area contributed by atoms with Crippen LogP contribution in [0.15, 0.2) is 60.7 Å². The maximum absolute atomic E-state index is 9.58. The molecule has 3 aromatic rings. The minimum atomic E-state index is 0.0116. The number of hydrogen-bond donors (Lipinski definition) is 3. The molecule has 0 spiro atoms. The third-order valence-corrected chi connectivity index (χ3v) is 3.84. The second-order valence-corrected chi connectivity index (χ2v) is 5.40. The van der Waals surface area contributed by atoms with Gasteiger partial charge in [0.05, 0.1) is 11.4 Å². The summed E-state index contributed by atoms with van der Waals surface area (Å²) in [5.41, 5.74) is 17.8. The van der Waals surface area contributed by atoms with Crippen molar-refractivity contribution in [2.45, 2.75) is 6.92 Å². The van der Waals surface area contributed by atoms with Crippen molar-refractivity contribution in [2.24, 2.45) is 0 Å². The van der Waals surface area contributed by atoms with Gasteiger partial charge in [-0.25, -0.2) is 0 Å². The number of nitrogens with two attached hydrogens (primary N) is 2. The number of phenolic OH excluding ortho intramolecular Hbond substituents is 1. The van der Waals surface area contributed by atoms with Gasteiger partial charge in [0, 0.05) is 5.56 Å². The highest BCUT2D eigenvalue weighted by atomic mass is 16.3. The molecule has 0 aliphatic heterocycles. The first-order valence-corrected chi connectivity index (χ1v) is 7.10. The van der Waals surface area contributed by atoms with Crippen LogP contribution in [0.4, 0.5) is 11.4 Å². The molecule has 0 unspecified atom stereocenters. The Bertz CT molecular complexity index is 806. The van der Waals surface area contributed by atoms with Crippen LogP contribution in [0, 0.1) is 6.92 Å². The maximum Gasteiger partial charge on any atom is 0.140 e. The highest BCUT2D eigenvalue weighted by Gasteiger charge is 2.09. The van der Waals surface area contributed by atoms with Gasteiger partial charge in [-0.15, -0.1) is 0 Å². The average Bonchev–Trinajstić information content (AvgIpc) is 2.54. The molecule has 0 fully saturated rings. The molecule has 0 saturated heterocycles. The number of aromatic hydroxyl groups is 1. The Hall–Kier alpha value is -2.94. The van der Waals surface area contributed by atoms with Gasteiger partial charge in [-0.05, 0) is 35.7 Å². The van der Waals surface area contributed by atoms with Crippen molar-refractivity contribution in [2.75, 3.05) is 11.5 Å². The van der Waals surface area contributed by atoms with Gasteiger partial charge in [-0.3, -0.25) is 0 Å². The quantitative estimate of drug-likeness (QED) is 0.489. The number of rotatable bonds is 2. The maximum atomic E-state index is 9.58. The molecular weight excluding hydrogens is 272 g/mol. The van der Waals surface area contributed by atoms with Gasteiger partial charge in [-0.1, -0.05) is 54.1 Å². The van der Waals surface area contributed by atoms with E-state index in [4.69, 9.17) is 11.5 Å². The van der Waals surface area contributed by atoms with E-state index < -0.39 is 0 Å². The largest absolute Gasteiger partial charge is 0.506 e. The Morgan fingerprint density at radius 2 is 1.14 bits per heavy atom. The topological polar surface area (TPSA) is 72.3 Å². The first-order valence-electron chi connectivity index (χ1n) is 7.10. The van der Waals surface area contributed by atoms with Crippen molar-refractivity contribution in [1.29, 1.82) is 0 Å². The van der Waals surface area contributed by atoms with Gasteiger partial charge in [0.2, 0.25) is 0 Å². The molecule has 0 aliphatic carbocycles. The molecule has 110 valence electrons. The minimum absolute atomic E-state index is 0.0116. The highest BCUT2D eigenvalue weighted by Crippen LogP contribution is 2.36. The fraction of sp³-hybridized carbons (Fsp3) is 0.0526. The molecule has 0 bridgehead atoms. The first kappa shape index (κ1) is 14.0. The number of anilines is 2. The van der Waals surface area contributed by atoms with Crippen LogP contribution in [-0.2, 0) is 0 Å². The second kappa shape index (κ2) is 5.45. The first-order chi connectivity index (χ1) is 10.6. The smallest absolute Gasteiger partial charge is 0.140 e. The molecule has 3 heteroatoms. The summed E-state index contributed by atoms with van der Waals surface area (Å²) in [6, 6.07) is 19.9. The molecule has 0 heterocycles. The highest BCUT2D eigenvalue weighted by molar-refractivity contribution is 5.87. The summed E-state index contributed by atoms with van der Waals surface area (Å²) in [5, 5.41) is 9.58. The molecule has 0 aromatic heterocycles. The number of phenols is 1. The van der Waals surface area contributed by atoms with Crippen LogP contribution in [0.3, 0.4) is 0 Å². The lowest BCUT2D eigenvalue weighted by Crippen LogP contribution is -1.97. The summed E-state index contributed by atoms with van der Waals surface area (Å²) in [4.78, 5) is 0. The number of aryl methyl sites for hydroxylation is 1. The third kappa shape index (κ3) is 2.49. The molecule has 0 aliphatic rings. The Kier molecular flexibility index (Phi) is 3.47. The summed E-state index contributed by atoms with van der Waals surface area (Å²) in [6.45, 7) is 2.07. The van der Waals surface area contributed by atoms with E-state index in [1.165, 1.54) is 11.1 Å². The monoisotopic (exact) mass is 290 g/mol. The minimum Gasteiger partial charge on any atom is -0.506 e. The Morgan fingerprint density at radius 1 is 0.636 bits per heavy atom. The molecule has 0 radical (unpaired) electrons. The summed E-state index contributed by atoms with van der Waals surface area (Å²) in [6.07, 6.45) is 0. The zero-order valence-corrected chi connectivity index (χ0v) is 12.4. The molecule has 0 saturated carbocycles. The molecular formula is C19H18N2O. The lowest BCUT2D eigenvalue weighted by Gasteiger charge is -2.11. The molecule has 0 atom stereocenters. The van der Waals surface area contributed by atoms with E-state index in [2.05, 4.69) is 43.3 Å². The van der Waals surface area contributed by atoms with Crippen molar-refractivity contribution >= 4 is 11.4 Å². The number of benzene rings is 3. The molecule has 22 heavy (non-hydrogen) atoms. The summed E-state index contributed by atoms with van der Waals surface area (Å²) in [7, 11) is 0. The van der Waals surface area contributed by atoms with Gasteiger partial charge in [0.1, 0.15) is 5.75 Å². The van der Waals surface area contributed by atoms with Gasteiger partial charge in [0.15, 0.2) is 0 Å². The van der Waals surface area contributed by atoms with Crippen LogP contribution in [-0.4, -0.2) is 5.11 Å². The molecule has 0 amide bonds. The van der Waals surface area contributed by atoms with Gasteiger partial charge < -0.3 is 16.6 Å². The van der Waals surface area contributed by atoms with Crippen molar-refractivity contribution in [1.82, 2.24) is 0 Å². The summed E-state index contributed by atoms with van der Waals surface area (Å²) in [5.74, 6) is 0.0116. The molecule has 5 N–H and O–H groups in total. The molecule has 3 aromatic carbocycles. The van der Waals surface area contributed by atoms with Crippen molar-refractivity contribution < 1.29 is 5.11 Å². The van der Waals surface area contributed by atoms with Crippen LogP contribution < -0.4 is 11.5 Å². The van der Waals surface area contributed by atoms with Gasteiger partial charge in [0.25, 0.3) is 0 Å². The standard InChI is InChI=1S/C19H18N2O/c1-12-2-4-13(5-3-12)14-6-8-15(9-7-14)16-10-11-17(22)19(21)18(16)20/h2-11,22H,20-21H2,1H3.